The van der Waals surface area contributed by atoms with Crippen LogP contribution in [0.3, 0.4) is 0 Å². The molecule has 1 saturated heterocycles. The average molecular weight is 328 g/mol. The van der Waals surface area contributed by atoms with Gasteiger partial charge < -0.3 is 10.2 Å². The van der Waals surface area contributed by atoms with Crippen molar-refractivity contribution in [2.24, 2.45) is 0 Å². The number of rotatable bonds is 6. The number of anilines is 1. The molecule has 5 heteroatoms. The molecule has 0 aromatic carbocycles. The van der Waals surface area contributed by atoms with Crippen molar-refractivity contribution >= 4 is 28.2 Å². The summed E-state index contributed by atoms with van der Waals surface area (Å²) < 4.78 is 0. The summed E-state index contributed by atoms with van der Waals surface area (Å²) in [5.41, 5.74) is 1.32. The monoisotopic (exact) mass is 327 g/mol. The quantitative estimate of drug-likeness (QED) is 0.851. The van der Waals surface area contributed by atoms with Gasteiger partial charge in [-0.15, -0.1) is 11.3 Å². The SMILES string of the molecule is CCC(C)c1nc(N2CCSC(C)C2)sc1CNC(C)C. The van der Waals surface area contributed by atoms with E-state index in [2.05, 4.69) is 56.6 Å². The molecule has 0 bridgehead atoms. The molecule has 2 unspecified atom stereocenters. The van der Waals surface area contributed by atoms with Crippen molar-refractivity contribution in [2.75, 3.05) is 23.7 Å². The lowest BCUT2D eigenvalue weighted by molar-refractivity contribution is 0.584. The Kier molecular flexibility index (Phi) is 6.38. The molecule has 2 heterocycles. The Labute approximate surface area is 137 Å². The Morgan fingerprint density at radius 3 is 2.76 bits per heavy atom. The smallest absolute Gasteiger partial charge is 0.185 e. The number of thiazole rings is 1. The van der Waals surface area contributed by atoms with Crippen molar-refractivity contribution in [1.82, 2.24) is 10.3 Å². The molecule has 1 aromatic heterocycles. The first-order valence-electron chi connectivity index (χ1n) is 8.10. The molecule has 0 aliphatic carbocycles. The van der Waals surface area contributed by atoms with E-state index in [1.165, 1.54) is 21.5 Å². The van der Waals surface area contributed by atoms with Crippen LogP contribution in [-0.4, -0.2) is 35.1 Å². The first kappa shape index (κ1) is 17.1. The van der Waals surface area contributed by atoms with E-state index in [1.54, 1.807) is 0 Å². The predicted octanol–water partition coefficient (Wildman–Crippen LogP) is 4.10. The second-order valence-electron chi connectivity index (χ2n) is 6.28. The lowest BCUT2D eigenvalue weighted by Gasteiger charge is -2.30. The van der Waals surface area contributed by atoms with Crippen LogP contribution in [0.1, 0.15) is 57.5 Å². The van der Waals surface area contributed by atoms with E-state index in [0.29, 0.717) is 17.2 Å². The second-order valence-corrected chi connectivity index (χ2v) is 8.89. The second kappa shape index (κ2) is 7.84. The maximum atomic E-state index is 5.01. The molecule has 0 spiro atoms. The third-order valence-corrected chi connectivity index (χ3v) is 6.25. The predicted molar refractivity (Wildman–Crippen MR) is 96.9 cm³/mol. The molecule has 2 atom stereocenters. The van der Waals surface area contributed by atoms with Crippen LogP contribution in [0.2, 0.25) is 0 Å². The fraction of sp³-hybridized carbons (Fsp3) is 0.812. The molecule has 0 amide bonds. The highest BCUT2D eigenvalue weighted by molar-refractivity contribution is 8.00. The van der Waals surface area contributed by atoms with Gasteiger partial charge in [0.25, 0.3) is 0 Å². The van der Waals surface area contributed by atoms with Gasteiger partial charge in [-0.2, -0.15) is 11.8 Å². The zero-order valence-electron chi connectivity index (χ0n) is 14.0. The molecule has 1 aromatic rings. The summed E-state index contributed by atoms with van der Waals surface area (Å²) in [6.07, 6.45) is 1.16. The van der Waals surface area contributed by atoms with Crippen LogP contribution in [0.4, 0.5) is 5.13 Å². The van der Waals surface area contributed by atoms with Crippen LogP contribution in [0.15, 0.2) is 0 Å². The van der Waals surface area contributed by atoms with Crippen LogP contribution in [-0.2, 0) is 6.54 Å². The summed E-state index contributed by atoms with van der Waals surface area (Å²) in [5.74, 6) is 1.77. The molecule has 21 heavy (non-hydrogen) atoms. The fourth-order valence-electron chi connectivity index (χ4n) is 2.48. The third kappa shape index (κ3) is 4.60. The summed E-state index contributed by atoms with van der Waals surface area (Å²) in [4.78, 5) is 8.92. The normalized spacial score (nSPS) is 21.0. The number of hydrogen-bond acceptors (Lipinski definition) is 5. The average Bonchev–Trinajstić information content (AvgIpc) is 2.88. The number of aromatic nitrogens is 1. The molecule has 0 saturated carbocycles. The third-order valence-electron chi connectivity index (χ3n) is 3.98. The molecule has 3 nitrogen and oxygen atoms in total. The van der Waals surface area contributed by atoms with Crippen molar-refractivity contribution in [3.05, 3.63) is 10.6 Å². The van der Waals surface area contributed by atoms with Gasteiger partial charge in [-0.25, -0.2) is 4.98 Å². The maximum absolute atomic E-state index is 5.01. The lowest BCUT2D eigenvalue weighted by atomic mass is 10.0. The van der Waals surface area contributed by atoms with Crippen LogP contribution in [0.5, 0.6) is 0 Å². The number of nitrogens with one attached hydrogen (secondary N) is 1. The van der Waals surface area contributed by atoms with Gasteiger partial charge in [0.2, 0.25) is 0 Å². The van der Waals surface area contributed by atoms with E-state index in [0.717, 1.165) is 26.1 Å². The summed E-state index contributed by atoms with van der Waals surface area (Å²) in [7, 11) is 0. The Morgan fingerprint density at radius 1 is 1.38 bits per heavy atom. The van der Waals surface area contributed by atoms with Crippen molar-refractivity contribution in [3.8, 4) is 0 Å². The zero-order chi connectivity index (χ0) is 15.4. The largest absolute Gasteiger partial charge is 0.346 e. The molecule has 1 aliphatic heterocycles. The number of thioether (sulfide) groups is 1. The highest BCUT2D eigenvalue weighted by Gasteiger charge is 2.23. The van der Waals surface area contributed by atoms with Gasteiger partial charge in [-0.05, 0) is 12.3 Å². The topological polar surface area (TPSA) is 28.2 Å². The van der Waals surface area contributed by atoms with Crippen LogP contribution < -0.4 is 10.2 Å². The Morgan fingerprint density at radius 2 is 2.14 bits per heavy atom. The van der Waals surface area contributed by atoms with E-state index >= 15 is 0 Å². The van der Waals surface area contributed by atoms with Gasteiger partial charge in [0.05, 0.1) is 5.69 Å². The van der Waals surface area contributed by atoms with Gasteiger partial charge in [0, 0.05) is 41.6 Å². The maximum Gasteiger partial charge on any atom is 0.185 e. The summed E-state index contributed by atoms with van der Waals surface area (Å²) in [5, 5.41) is 5.50. The van der Waals surface area contributed by atoms with Gasteiger partial charge in [0.1, 0.15) is 0 Å². The van der Waals surface area contributed by atoms with Gasteiger partial charge >= 0.3 is 0 Å². The lowest BCUT2D eigenvalue weighted by Crippen LogP contribution is -2.36. The molecule has 1 aliphatic rings. The molecular weight excluding hydrogens is 298 g/mol. The van der Waals surface area contributed by atoms with Crippen LogP contribution in [0.25, 0.3) is 0 Å². The molecule has 120 valence electrons. The van der Waals surface area contributed by atoms with E-state index in [1.807, 2.05) is 11.3 Å². The van der Waals surface area contributed by atoms with E-state index in [4.69, 9.17) is 4.98 Å². The Balaban J connectivity index is 2.18. The Hall–Kier alpha value is -0.260. The fourth-order valence-corrected chi connectivity index (χ4v) is 4.66. The Bertz CT molecular complexity index is 445. The number of hydrogen-bond donors (Lipinski definition) is 1. The number of nitrogens with zero attached hydrogens (tertiary/aromatic N) is 2. The molecule has 0 radical (unpaired) electrons. The first-order valence-corrected chi connectivity index (χ1v) is 9.97. The highest BCUT2D eigenvalue weighted by Crippen LogP contribution is 2.34. The summed E-state index contributed by atoms with van der Waals surface area (Å²) >= 11 is 3.97. The summed E-state index contributed by atoms with van der Waals surface area (Å²) in [6.45, 7) is 14.5. The molecular formula is C16H29N3S2. The van der Waals surface area contributed by atoms with E-state index in [-0.39, 0.29) is 0 Å². The van der Waals surface area contributed by atoms with Crippen molar-refractivity contribution < 1.29 is 0 Å². The van der Waals surface area contributed by atoms with Gasteiger partial charge in [0.15, 0.2) is 5.13 Å². The van der Waals surface area contributed by atoms with Crippen LogP contribution >= 0.6 is 23.1 Å². The summed E-state index contributed by atoms with van der Waals surface area (Å²) in [6, 6.07) is 0.520. The van der Waals surface area contributed by atoms with Crippen molar-refractivity contribution in [3.63, 3.8) is 0 Å². The first-order chi connectivity index (χ1) is 10.0. The van der Waals surface area contributed by atoms with Crippen LogP contribution in [0, 0.1) is 0 Å². The van der Waals surface area contributed by atoms with Crippen molar-refractivity contribution in [2.45, 2.75) is 64.8 Å². The van der Waals surface area contributed by atoms with Gasteiger partial charge in [-0.3, -0.25) is 0 Å². The van der Waals surface area contributed by atoms with Crippen molar-refractivity contribution in [1.29, 1.82) is 0 Å². The highest BCUT2D eigenvalue weighted by atomic mass is 32.2. The minimum atomic E-state index is 0.520. The van der Waals surface area contributed by atoms with Gasteiger partial charge in [-0.1, -0.05) is 34.6 Å². The zero-order valence-corrected chi connectivity index (χ0v) is 15.6. The molecule has 1 fully saturated rings. The molecule has 1 N–H and O–H groups in total. The standard InChI is InChI=1S/C16H29N3S2/c1-6-12(4)15-14(9-17-11(2)3)21-16(18-15)19-7-8-20-13(5)10-19/h11-13,17H,6-10H2,1-5H3. The molecule has 2 rings (SSSR count). The van der Waals surface area contributed by atoms with E-state index < -0.39 is 0 Å². The minimum absolute atomic E-state index is 0.520. The minimum Gasteiger partial charge on any atom is -0.346 e. The van der Waals surface area contributed by atoms with E-state index in [9.17, 15) is 0 Å².